The molecule has 26 heavy (non-hydrogen) atoms. The minimum atomic E-state index is -0.692. The van der Waals surface area contributed by atoms with Crippen LogP contribution < -0.4 is 10.1 Å². The van der Waals surface area contributed by atoms with E-state index in [-0.39, 0.29) is 6.04 Å². The van der Waals surface area contributed by atoms with Crippen molar-refractivity contribution in [2.45, 2.75) is 26.8 Å². The molecule has 3 aromatic rings. The normalized spacial score (nSPS) is 10.9. The van der Waals surface area contributed by atoms with Gasteiger partial charge in [-0.3, -0.25) is 9.59 Å². The van der Waals surface area contributed by atoms with Gasteiger partial charge in [-0.15, -0.1) is 0 Å². The molecule has 1 aromatic carbocycles. The van der Waals surface area contributed by atoms with Crippen LogP contribution in [0.4, 0.5) is 5.69 Å². The molecule has 0 fully saturated rings. The van der Waals surface area contributed by atoms with E-state index in [2.05, 4.69) is 10.3 Å². The quantitative estimate of drug-likeness (QED) is 0.541. The first-order valence-corrected chi connectivity index (χ1v) is 8.55. The van der Waals surface area contributed by atoms with Gasteiger partial charge >= 0.3 is 0 Å². The summed E-state index contributed by atoms with van der Waals surface area (Å²) in [7, 11) is 0. The molecule has 0 saturated carbocycles. The molecule has 0 saturated heterocycles. The Morgan fingerprint density at radius 1 is 1.19 bits per heavy atom. The van der Waals surface area contributed by atoms with Gasteiger partial charge in [0.25, 0.3) is 11.7 Å². The number of aromatic nitrogens is 2. The minimum absolute atomic E-state index is 0.180. The molecule has 2 aromatic heterocycles. The zero-order valence-corrected chi connectivity index (χ0v) is 15.0. The van der Waals surface area contributed by atoms with Crippen LogP contribution in [0.3, 0.4) is 0 Å². The first-order valence-electron chi connectivity index (χ1n) is 8.55. The van der Waals surface area contributed by atoms with Gasteiger partial charge < -0.3 is 14.6 Å². The number of Topliss-reactive ketones (excluding diaryl/α,β-unsaturated/α-hetero) is 1. The standard InChI is InChI=1S/C20H21N3O3/c1-4-26-18-10-9-14(11-21-18)22-20(25)19(24)16-12-23(13(2)3)17-8-6-5-7-15(16)17/h5-13H,4H2,1-3H3,(H,22,25). The van der Waals surface area contributed by atoms with Crippen molar-refractivity contribution in [2.75, 3.05) is 11.9 Å². The number of para-hydroxylation sites is 1. The number of fused-ring (bicyclic) bond motifs is 1. The number of pyridine rings is 1. The fourth-order valence-electron chi connectivity index (χ4n) is 2.81. The van der Waals surface area contributed by atoms with E-state index in [9.17, 15) is 9.59 Å². The molecule has 6 nitrogen and oxygen atoms in total. The van der Waals surface area contributed by atoms with Crippen LogP contribution in [-0.4, -0.2) is 27.8 Å². The molecule has 0 aliphatic heterocycles. The number of ether oxygens (including phenoxy) is 1. The van der Waals surface area contributed by atoms with Crippen LogP contribution in [-0.2, 0) is 4.79 Å². The number of anilines is 1. The van der Waals surface area contributed by atoms with Gasteiger partial charge in [0.15, 0.2) is 0 Å². The molecular formula is C20H21N3O3. The van der Waals surface area contributed by atoms with Crippen molar-refractivity contribution in [1.82, 2.24) is 9.55 Å². The Labute approximate surface area is 151 Å². The molecule has 2 heterocycles. The van der Waals surface area contributed by atoms with Crippen molar-refractivity contribution in [3.05, 3.63) is 54.4 Å². The molecule has 0 radical (unpaired) electrons. The van der Waals surface area contributed by atoms with Crippen molar-refractivity contribution < 1.29 is 14.3 Å². The number of carbonyl (C=O) groups excluding carboxylic acids is 2. The zero-order chi connectivity index (χ0) is 18.7. The van der Waals surface area contributed by atoms with Gasteiger partial charge in [0, 0.05) is 29.2 Å². The summed E-state index contributed by atoms with van der Waals surface area (Å²) in [6, 6.07) is 11.1. The predicted octanol–water partition coefficient (Wildman–Crippen LogP) is 3.84. The number of rotatable bonds is 6. The molecule has 0 bridgehead atoms. The Hall–Kier alpha value is -3.15. The molecular weight excluding hydrogens is 330 g/mol. The minimum Gasteiger partial charge on any atom is -0.478 e. The van der Waals surface area contributed by atoms with E-state index >= 15 is 0 Å². The van der Waals surface area contributed by atoms with E-state index in [4.69, 9.17) is 4.74 Å². The van der Waals surface area contributed by atoms with E-state index in [1.54, 1.807) is 18.3 Å². The lowest BCUT2D eigenvalue weighted by Crippen LogP contribution is -2.22. The highest BCUT2D eigenvalue weighted by molar-refractivity contribution is 6.48. The second-order valence-corrected chi connectivity index (χ2v) is 6.16. The predicted molar refractivity (Wildman–Crippen MR) is 101 cm³/mol. The SMILES string of the molecule is CCOc1ccc(NC(=O)C(=O)c2cn(C(C)C)c3ccccc23)cn1. The van der Waals surface area contributed by atoms with Crippen LogP contribution in [0.25, 0.3) is 10.9 Å². The number of amides is 1. The summed E-state index contributed by atoms with van der Waals surface area (Å²) >= 11 is 0. The van der Waals surface area contributed by atoms with Gasteiger partial charge in [-0.05, 0) is 32.9 Å². The lowest BCUT2D eigenvalue weighted by atomic mass is 10.1. The molecule has 0 aliphatic carbocycles. The molecule has 0 aliphatic rings. The Morgan fingerprint density at radius 2 is 1.96 bits per heavy atom. The smallest absolute Gasteiger partial charge is 0.296 e. The summed E-state index contributed by atoms with van der Waals surface area (Å²) < 4.78 is 7.26. The molecule has 1 amide bonds. The fraction of sp³-hybridized carbons (Fsp3) is 0.250. The monoisotopic (exact) mass is 351 g/mol. The van der Waals surface area contributed by atoms with Crippen molar-refractivity contribution in [3.63, 3.8) is 0 Å². The van der Waals surface area contributed by atoms with Crippen molar-refractivity contribution in [3.8, 4) is 5.88 Å². The molecule has 0 atom stereocenters. The Bertz CT molecular complexity index is 943. The lowest BCUT2D eigenvalue weighted by molar-refractivity contribution is -0.112. The molecule has 1 N–H and O–H groups in total. The first kappa shape index (κ1) is 17.7. The Morgan fingerprint density at radius 3 is 2.62 bits per heavy atom. The molecule has 0 unspecified atom stereocenters. The summed E-state index contributed by atoms with van der Waals surface area (Å²) in [5.41, 5.74) is 1.77. The van der Waals surface area contributed by atoms with E-state index in [1.807, 2.05) is 49.6 Å². The van der Waals surface area contributed by atoms with Gasteiger partial charge in [-0.2, -0.15) is 0 Å². The summed E-state index contributed by atoms with van der Waals surface area (Å²) in [6.07, 6.45) is 3.21. The van der Waals surface area contributed by atoms with Crippen LogP contribution in [0.15, 0.2) is 48.8 Å². The molecule has 6 heteroatoms. The van der Waals surface area contributed by atoms with Crippen LogP contribution in [0.2, 0.25) is 0 Å². The fourth-order valence-corrected chi connectivity index (χ4v) is 2.81. The maximum Gasteiger partial charge on any atom is 0.296 e. The topological polar surface area (TPSA) is 73.2 Å². The van der Waals surface area contributed by atoms with Gasteiger partial charge in [0.2, 0.25) is 5.88 Å². The number of carbonyl (C=O) groups is 2. The average Bonchev–Trinajstić information content (AvgIpc) is 3.03. The van der Waals surface area contributed by atoms with Crippen LogP contribution in [0.1, 0.15) is 37.2 Å². The van der Waals surface area contributed by atoms with Crippen LogP contribution in [0, 0.1) is 0 Å². The third-order valence-electron chi connectivity index (χ3n) is 4.03. The highest BCUT2D eigenvalue weighted by Gasteiger charge is 2.22. The summed E-state index contributed by atoms with van der Waals surface area (Å²) in [4.78, 5) is 29.2. The molecule has 3 rings (SSSR count). The molecule has 0 spiro atoms. The highest BCUT2D eigenvalue weighted by atomic mass is 16.5. The molecule has 134 valence electrons. The average molecular weight is 351 g/mol. The van der Waals surface area contributed by atoms with Crippen molar-refractivity contribution in [1.29, 1.82) is 0 Å². The van der Waals surface area contributed by atoms with Crippen LogP contribution in [0.5, 0.6) is 5.88 Å². The third kappa shape index (κ3) is 3.44. The number of nitrogens with zero attached hydrogens (tertiary/aromatic N) is 2. The van der Waals surface area contributed by atoms with E-state index in [0.29, 0.717) is 23.7 Å². The number of hydrogen-bond donors (Lipinski definition) is 1. The van der Waals surface area contributed by atoms with Crippen LogP contribution >= 0.6 is 0 Å². The maximum absolute atomic E-state index is 12.7. The van der Waals surface area contributed by atoms with Crippen molar-refractivity contribution in [2.24, 2.45) is 0 Å². The van der Waals surface area contributed by atoms with E-state index in [1.165, 1.54) is 6.20 Å². The lowest BCUT2D eigenvalue weighted by Gasteiger charge is -2.08. The third-order valence-corrected chi connectivity index (χ3v) is 4.03. The van der Waals surface area contributed by atoms with Gasteiger partial charge in [-0.1, -0.05) is 18.2 Å². The summed E-state index contributed by atoms with van der Waals surface area (Å²) in [5.74, 6) is -0.797. The Balaban J connectivity index is 1.85. The second-order valence-electron chi connectivity index (χ2n) is 6.16. The van der Waals surface area contributed by atoms with Gasteiger partial charge in [0.05, 0.1) is 24.1 Å². The largest absolute Gasteiger partial charge is 0.478 e. The maximum atomic E-state index is 12.7. The van der Waals surface area contributed by atoms with Crippen molar-refractivity contribution >= 4 is 28.3 Å². The number of hydrogen-bond acceptors (Lipinski definition) is 4. The zero-order valence-electron chi connectivity index (χ0n) is 15.0. The number of benzene rings is 1. The first-order chi connectivity index (χ1) is 12.5. The highest BCUT2D eigenvalue weighted by Crippen LogP contribution is 2.25. The van der Waals surface area contributed by atoms with Gasteiger partial charge in [-0.25, -0.2) is 4.98 Å². The van der Waals surface area contributed by atoms with E-state index in [0.717, 1.165) is 10.9 Å². The summed E-state index contributed by atoms with van der Waals surface area (Å²) in [6.45, 7) is 6.44. The number of nitrogens with one attached hydrogen (secondary N) is 1. The second kappa shape index (κ2) is 7.39. The Kier molecular flexibility index (Phi) is 5.02. The van der Waals surface area contributed by atoms with E-state index < -0.39 is 11.7 Å². The van der Waals surface area contributed by atoms with Gasteiger partial charge in [0.1, 0.15) is 0 Å². The number of ketones is 1. The summed E-state index contributed by atoms with van der Waals surface area (Å²) in [5, 5.41) is 3.37.